The third-order valence-electron chi connectivity index (χ3n) is 6.45. The largest absolute Gasteiger partial charge is 0.476 e. The van der Waals surface area contributed by atoms with E-state index >= 15 is 0 Å². The Bertz CT molecular complexity index is 832. The average Bonchev–Trinajstić information content (AvgIpc) is 3.45. The molecule has 1 aromatic heterocycles. The molecule has 1 aromatic rings. The zero-order chi connectivity index (χ0) is 21.1. The van der Waals surface area contributed by atoms with E-state index in [0.29, 0.717) is 31.5 Å². The van der Waals surface area contributed by atoms with Crippen molar-refractivity contribution in [3.05, 3.63) is 41.9 Å². The van der Waals surface area contributed by atoms with Crippen LogP contribution in [0.4, 0.5) is 4.79 Å². The molecule has 2 unspecified atom stereocenters. The van der Waals surface area contributed by atoms with Crippen LogP contribution in [0, 0.1) is 11.8 Å². The fraction of sp³-hybridized carbons (Fsp3) is 0.591. The molecule has 3 heterocycles. The second kappa shape index (κ2) is 9.04. The van der Waals surface area contributed by atoms with Crippen LogP contribution < -0.4 is 0 Å². The van der Waals surface area contributed by atoms with E-state index in [1.807, 2.05) is 0 Å². The van der Waals surface area contributed by atoms with E-state index in [1.165, 1.54) is 30.8 Å². The SMILES string of the molecule is CC1C(N2CCCC2)=CC=CC1COC1CCN(C(=O)n2ccc(C(=O)O)n2)CC1. The Morgan fingerprint density at radius 1 is 1.20 bits per heavy atom. The first-order valence-electron chi connectivity index (χ1n) is 10.9. The predicted octanol–water partition coefficient (Wildman–Crippen LogP) is 2.83. The highest BCUT2D eigenvalue weighted by atomic mass is 16.5. The lowest BCUT2D eigenvalue weighted by atomic mass is 9.87. The molecule has 2 saturated heterocycles. The Morgan fingerprint density at radius 2 is 1.93 bits per heavy atom. The minimum atomic E-state index is -1.14. The summed E-state index contributed by atoms with van der Waals surface area (Å²) in [5, 5.41) is 12.8. The molecule has 0 spiro atoms. The van der Waals surface area contributed by atoms with Gasteiger partial charge in [-0.1, -0.05) is 19.1 Å². The summed E-state index contributed by atoms with van der Waals surface area (Å²) in [6.07, 6.45) is 12.3. The van der Waals surface area contributed by atoms with Crippen LogP contribution in [0.3, 0.4) is 0 Å². The molecule has 30 heavy (non-hydrogen) atoms. The van der Waals surface area contributed by atoms with Crippen molar-refractivity contribution in [1.29, 1.82) is 0 Å². The van der Waals surface area contributed by atoms with Gasteiger partial charge < -0.3 is 19.6 Å². The summed E-state index contributed by atoms with van der Waals surface area (Å²) >= 11 is 0. The molecule has 2 fully saturated rings. The Morgan fingerprint density at radius 3 is 2.60 bits per heavy atom. The number of hydrogen-bond acceptors (Lipinski definition) is 5. The normalized spacial score (nSPS) is 24.9. The number of carbonyl (C=O) groups is 2. The number of carboxylic acid groups (broad SMARTS) is 1. The van der Waals surface area contributed by atoms with Crippen LogP contribution in [0.1, 0.15) is 43.1 Å². The van der Waals surface area contributed by atoms with Crippen LogP contribution in [0.5, 0.6) is 0 Å². The number of aromatic carboxylic acids is 1. The number of aromatic nitrogens is 2. The first-order chi connectivity index (χ1) is 14.5. The van der Waals surface area contributed by atoms with Crippen molar-refractivity contribution >= 4 is 12.0 Å². The molecule has 1 N–H and O–H groups in total. The minimum Gasteiger partial charge on any atom is -0.476 e. The van der Waals surface area contributed by atoms with Gasteiger partial charge in [-0.2, -0.15) is 9.78 Å². The van der Waals surface area contributed by atoms with Gasteiger partial charge in [-0.3, -0.25) is 0 Å². The molecule has 1 aliphatic carbocycles. The van der Waals surface area contributed by atoms with Crippen molar-refractivity contribution < 1.29 is 19.4 Å². The summed E-state index contributed by atoms with van der Waals surface area (Å²) in [4.78, 5) is 27.7. The molecule has 162 valence electrons. The van der Waals surface area contributed by atoms with Gasteiger partial charge in [0.2, 0.25) is 0 Å². The van der Waals surface area contributed by atoms with Crippen LogP contribution in [0.25, 0.3) is 0 Å². The molecule has 0 saturated carbocycles. The van der Waals surface area contributed by atoms with E-state index in [1.54, 1.807) is 4.90 Å². The van der Waals surface area contributed by atoms with Crippen LogP contribution in [0.2, 0.25) is 0 Å². The second-order valence-electron chi connectivity index (χ2n) is 8.38. The Kier molecular flexibility index (Phi) is 6.22. The summed E-state index contributed by atoms with van der Waals surface area (Å²) in [5.74, 6) is -0.302. The van der Waals surface area contributed by atoms with Crippen molar-refractivity contribution in [2.24, 2.45) is 11.8 Å². The van der Waals surface area contributed by atoms with Gasteiger partial charge in [-0.05, 0) is 37.8 Å². The molecule has 0 radical (unpaired) electrons. The maximum atomic E-state index is 12.5. The number of ether oxygens (including phenoxy) is 1. The van der Waals surface area contributed by atoms with Crippen molar-refractivity contribution in [3.63, 3.8) is 0 Å². The number of carboxylic acids is 1. The fourth-order valence-corrected chi connectivity index (χ4v) is 4.55. The summed E-state index contributed by atoms with van der Waals surface area (Å²) in [7, 11) is 0. The minimum absolute atomic E-state index is 0.126. The van der Waals surface area contributed by atoms with Gasteiger partial charge in [-0.15, -0.1) is 0 Å². The lowest BCUT2D eigenvalue weighted by Crippen LogP contribution is -2.43. The molecular formula is C22H30N4O4. The molecule has 8 nitrogen and oxygen atoms in total. The number of rotatable bonds is 5. The van der Waals surface area contributed by atoms with Gasteiger partial charge in [0.05, 0.1) is 12.7 Å². The van der Waals surface area contributed by atoms with E-state index < -0.39 is 5.97 Å². The topological polar surface area (TPSA) is 87.9 Å². The van der Waals surface area contributed by atoms with E-state index in [4.69, 9.17) is 9.84 Å². The first kappa shape index (κ1) is 20.7. The van der Waals surface area contributed by atoms with Crippen molar-refractivity contribution in [3.8, 4) is 0 Å². The third kappa shape index (κ3) is 4.43. The van der Waals surface area contributed by atoms with Gasteiger partial charge in [-0.25, -0.2) is 9.59 Å². The van der Waals surface area contributed by atoms with Gasteiger partial charge in [0.15, 0.2) is 5.69 Å². The Labute approximate surface area is 176 Å². The number of likely N-dealkylation sites (tertiary alicyclic amines) is 2. The quantitative estimate of drug-likeness (QED) is 0.797. The number of carbonyl (C=O) groups excluding carboxylic acids is 1. The van der Waals surface area contributed by atoms with Crippen molar-refractivity contribution in [2.45, 2.75) is 38.7 Å². The highest BCUT2D eigenvalue weighted by molar-refractivity contribution is 5.86. The molecule has 8 heteroatoms. The molecule has 2 atom stereocenters. The van der Waals surface area contributed by atoms with E-state index in [9.17, 15) is 9.59 Å². The maximum absolute atomic E-state index is 12.5. The first-order valence-corrected chi connectivity index (χ1v) is 10.9. The zero-order valence-corrected chi connectivity index (χ0v) is 17.4. The molecule has 2 aliphatic heterocycles. The van der Waals surface area contributed by atoms with Crippen molar-refractivity contribution in [2.75, 3.05) is 32.8 Å². The number of hydrogen-bond donors (Lipinski definition) is 1. The standard InChI is InChI=1S/C22H30N4O4/c1-16-17(5-4-6-20(16)24-10-2-3-11-24)15-30-18-7-12-25(13-8-18)22(29)26-14-9-19(23-26)21(27)28/h4-6,9,14,16-18H,2-3,7-8,10-13,15H2,1H3,(H,27,28). The summed E-state index contributed by atoms with van der Waals surface area (Å²) in [6.45, 7) is 6.48. The van der Waals surface area contributed by atoms with E-state index in [0.717, 1.165) is 30.6 Å². The Balaban J connectivity index is 1.24. The highest BCUT2D eigenvalue weighted by Crippen LogP contribution is 2.31. The summed E-state index contributed by atoms with van der Waals surface area (Å²) in [6, 6.07) is 1.05. The lowest BCUT2D eigenvalue weighted by Gasteiger charge is -2.35. The number of nitrogens with zero attached hydrogens (tertiary/aromatic N) is 4. The molecule has 0 aromatic carbocycles. The molecule has 0 bridgehead atoms. The van der Waals surface area contributed by atoms with Crippen LogP contribution in [-0.2, 0) is 4.74 Å². The van der Waals surface area contributed by atoms with Gasteiger partial charge >= 0.3 is 12.0 Å². The van der Waals surface area contributed by atoms with E-state index in [-0.39, 0.29) is 17.8 Å². The second-order valence-corrected chi connectivity index (χ2v) is 8.38. The van der Waals surface area contributed by atoms with Crippen LogP contribution in [-0.4, -0.2) is 75.6 Å². The number of allylic oxidation sites excluding steroid dienone is 3. The summed E-state index contributed by atoms with van der Waals surface area (Å²) < 4.78 is 7.34. The number of piperidine rings is 1. The predicted molar refractivity (Wildman–Crippen MR) is 111 cm³/mol. The van der Waals surface area contributed by atoms with E-state index in [2.05, 4.69) is 35.2 Å². The third-order valence-corrected chi connectivity index (χ3v) is 6.45. The average molecular weight is 415 g/mol. The fourth-order valence-electron chi connectivity index (χ4n) is 4.55. The maximum Gasteiger partial charge on any atom is 0.356 e. The monoisotopic (exact) mass is 414 g/mol. The lowest BCUT2D eigenvalue weighted by molar-refractivity contribution is -0.00295. The molecule has 4 rings (SSSR count). The smallest absolute Gasteiger partial charge is 0.356 e. The highest BCUT2D eigenvalue weighted by Gasteiger charge is 2.29. The van der Waals surface area contributed by atoms with Gasteiger partial charge in [0.25, 0.3) is 0 Å². The molecule has 3 aliphatic rings. The van der Waals surface area contributed by atoms with Gasteiger partial charge in [0, 0.05) is 49.9 Å². The zero-order valence-electron chi connectivity index (χ0n) is 17.4. The Hall–Kier alpha value is -2.61. The molecular weight excluding hydrogens is 384 g/mol. The van der Waals surface area contributed by atoms with Gasteiger partial charge in [0.1, 0.15) is 0 Å². The molecule has 1 amide bonds. The summed E-state index contributed by atoms with van der Waals surface area (Å²) in [5.41, 5.74) is 1.31. The number of amides is 1. The van der Waals surface area contributed by atoms with Crippen LogP contribution in [0.15, 0.2) is 36.2 Å². The van der Waals surface area contributed by atoms with Crippen LogP contribution >= 0.6 is 0 Å². The van der Waals surface area contributed by atoms with Crippen molar-refractivity contribution in [1.82, 2.24) is 19.6 Å².